The van der Waals surface area contributed by atoms with Gasteiger partial charge in [-0.1, -0.05) is 18.2 Å². The second-order valence-corrected chi connectivity index (χ2v) is 7.65. The van der Waals surface area contributed by atoms with Gasteiger partial charge in [-0.15, -0.1) is 0 Å². The molecule has 2 aromatic rings. The average molecular weight is 422 g/mol. The third-order valence-corrected chi connectivity index (χ3v) is 5.64. The number of piperidine rings is 1. The highest BCUT2D eigenvalue weighted by atomic mass is 32.1. The number of carbonyl (C=O) groups excluding carboxylic acids is 2. The van der Waals surface area contributed by atoms with Crippen LogP contribution in [0.5, 0.6) is 5.75 Å². The Labute approximate surface area is 181 Å². The number of amides is 2. The minimum atomic E-state index is -0.514. The summed E-state index contributed by atoms with van der Waals surface area (Å²) in [6.45, 7) is 2.04. The van der Waals surface area contributed by atoms with Gasteiger partial charge in [0.1, 0.15) is 11.3 Å². The van der Waals surface area contributed by atoms with Gasteiger partial charge >= 0.3 is 0 Å². The number of hydrogen-bond acceptors (Lipinski definition) is 5. The fraction of sp³-hybridized carbons (Fsp3) is 0.261. The Kier molecular flexibility index (Phi) is 5.81. The number of anilines is 2. The zero-order valence-electron chi connectivity index (χ0n) is 16.8. The molecule has 2 aliphatic heterocycles. The van der Waals surface area contributed by atoms with E-state index in [1.807, 2.05) is 36.4 Å². The first kappa shape index (κ1) is 20.1. The van der Waals surface area contributed by atoms with Gasteiger partial charge in [-0.05, 0) is 61.8 Å². The molecule has 0 aliphatic carbocycles. The first-order valence-electron chi connectivity index (χ1n) is 9.98. The molecule has 0 radical (unpaired) electrons. The maximum atomic E-state index is 13.1. The van der Waals surface area contributed by atoms with Crippen LogP contribution in [-0.4, -0.2) is 37.1 Å². The molecule has 2 heterocycles. The predicted octanol–water partition coefficient (Wildman–Crippen LogP) is 3.52. The van der Waals surface area contributed by atoms with E-state index in [0.29, 0.717) is 17.0 Å². The summed E-state index contributed by atoms with van der Waals surface area (Å²) in [6, 6.07) is 14.9. The molecular formula is C23H23N3O3S. The number of nitrogens with one attached hydrogen (secondary N) is 1. The Balaban J connectivity index is 1.68. The van der Waals surface area contributed by atoms with Crippen molar-refractivity contribution in [2.24, 2.45) is 0 Å². The molecule has 0 aromatic heterocycles. The molecule has 0 atom stereocenters. The molecule has 2 fully saturated rings. The second-order valence-electron chi connectivity index (χ2n) is 7.27. The summed E-state index contributed by atoms with van der Waals surface area (Å²) >= 11 is 5.23. The summed E-state index contributed by atoms with van der Waals surface area (Å²) in [7, 11) is 1.59. The van der Waals surface area contributed by atoms with Crippen molar-refractivity contribution < 1.29 is 14.3 Å². The lowest BCUT2D eigenvalue weighted by Gasteiger charge is -2.30. The summed E-state index contributed by atoms with van der Waals surface area (Å²) in [5.41, 5.74) is 2.36. The van der Waals surface area contributed by atoms with Crippen LogP contribution in [0.3, 0.4) is 0 Å². The highest BCUT2D eigenvalue weighted by molar-refractivity contribution is 7.80. The van der Waals surface area contributed by atoms with E-state index in [4.69, 9.17) is 17.0 Å². The van der Waals surface area contributed by atoms with Gasteiger partial charge in [-0.25, -0.2) is 0 Å². The molecule has 0 spiro atoms. The standard InChI is InChI=1S/C23H23N3O3S/c1-29-20-15-18(25-12-6-3-7-13-25)11-10-16(20)14-19-21(27)24-23(30)26(22(19)28)17-8-4-2-5-9-17/h2,4-5,8-11,14-15H,3,6-7,12-13H2,1H3,(H,24,27,30)/b19-14+. The van der Waals surface area contributed by atoms with Crippen LogP contribution in [0.25, 0.3) is 6.08 Å². The van der Waals surface area contributed by atoms with Gasteiger partial charge in [-0.3, -0.25) is 19.8 Å². The number of carbonyl (C=O) groups is 2. The number of rotatable bonds is 4. The third kappa shape index (κ3) is 3.93. The van der Waals surface area contributed by atoms with Gasteiger partial charge in [0.2, 0.25) is 0 Å². The molecule has 2 amide bonds. The van der Waals surface area contributed by atoms with Crippen LogP contribution in [0.2, 0.25) is 0 Å². The molecule has 1 N–H and O–H groups in total. The lowest BCUT2D eigenvalue weighted by Crippen LogP contribution is -2.54. The second kappa shape index (κ2) is 8.67. The van der Waals surface area contributed by atoms with E-state index < -0.39 is 11.8 Å². The summed E-state index contributed by atoms with van der Waals surface area (Å²) in [6.07, 6.45) is 5.18. The van der Waals surface area contributed by atoms with Crippen molar-refractivity contribution in [1.29, 1.82) is 0 Å². The van der Waals surface area contributed by atoms with Crippen LogP contribution >= 0.6 is 12.2 Å². The number of benzene rings is 2. The van der Waals surface area contributed by atoms with Crippen LogP contribution in [0.15, 0.2) is 54.1 Å². The average Bonchev–Trinajstić information content (AvgIpc) is 2.78. The van der Waals surface area contributed by atoms with Crippen LogP contribution in [-0.2, 0) is 9.59 Å². The van der Waals surface area contributed by atoms with E-state index >= 15 is 0 Å². The molecule has 0 saturated carbocycles. The summed E-state index contributed by atoms with van der Waals surface area (Å²) in [4.78, 5) is 29.3. The molecule has 30 heavy (non-hydrogen) atoms. The number of ether oxygens (including phenoxy) is 1. The molecule has 2 saturated heterocycles. The Morgan fingerprint density at radius 1 is 1.00 bits per heavy atom. The van der Waals surface area contributed by atoms with Gasteiger partial charge in [0.25, 0.3) is 11.8 Å². The van der Waals surface area contributed by atoms with E-state index in [2.05, 4.69) is 10.2 Å². The molecule has 0 unspecified atom stereocenters. The Morgan fingerprint density at radius 3 is 2.43 bits per heavy atom. The molecule has 154 valence electrons. The van der Waals surface area contributed by atoms with Crippen LogP contribution in [0.1, 0.15) is 24.8 Å². The highest BCUT2D eigenvalue weighted by Crippen LogP contribution is 2.30. The number of thiocarbonyl (C=S) groups is 1. The minimum absolute atomic E-state index is 0.0106. The highest BCUT2D eigenvalue weighted by Gasteiger charge is 2.34. The molecular weight excluding hydrogens is 398 g/mol. The fourth-order valence-electron chi connectivity index (χ4n) is 3.79. The minimum Gasteiger partial charge on any atom is -0.496 e. The van der Waals surface area contributed by atoms with Gasteiger partial charge in [0.15, 0.2) is 5.11 Å². The largest absolute Gasteiger partial charge is 0.496 e. The Morgan fingerprint density at radius 2 is 1.73 bits per heavy atom. The smallest absolute Gasteiger partial charge is 0.270 e. The Bertz CT molecular complexity index is 1010. The Hall–Kier alpha value is -3.19. The number of nitrogens with zero attached hydrogens (tertiary/aromatic N) is 2. The SMILES string of the molecule is COc1cc(N2CCCCC2)ccc1/C=C1\C(=O)NC(=S)N(c2ccccc2)C1=O. The topological polar surface area (TPSA) is 61.9 Å². The van der Waals surface area contributed by atoms with E-state index in [-0.39, 0.29) is 10.7 Å². The van der Waals surface area contributed by atoms with E-state index in [1.54, 1.807) is 25.3 Å². The zero-order chi connectivity index (χ0) is 21.1. The van der Waals surface area contributed by atoms with Crippen molar-refractivity contribution >= 4 is 46.6 Å². The maximum Gasteiger partial charge on any atom is 0.270 e. The van der Waals surface area contributed by atoms with Crippen LogP contribution in [0.4, 0.5) is 11.4 Å². The van der Waals surface area contributed by atoms with Gasteiger partial charge < -0.3 is 9.64 Å². The molecule has 6 nitrogen and oxygen atoms in total. The van der Waals surface area contributed by atoms with Gasteiger partial charge in [0, 0.05) is 30.4 Å². The van der Waals surface area contributed by atoms with E-state index in [9.17, 15) is 9.59 Å². The monoisotopic (exact) mass is 421 g/mol. The fourth-order valence-corrected chi connectivity index (χ4v) is 4.07. The molecule has 7 heteroatoms. The maximum absolute atomic E-state index is 13.1. The number of methoxy groups -OCH3 is 1. The van der Waals surface area contributed by atoms with Crippen molar-refractivity contribution in [3.8, 4) is 5.75 Å². The van der Waals surface area contributed by atoms with E-state index in [0.717, 1.165) is 18.8 Å². The third-order valence-electron chi connectivity index (χ3n) is 5.35. The van der Waals surface area contributed by atoms with Crippen molar-refractivity contribution in [3.63, 3.8) is 0 Å². The van der Waals surface area contributed by atoms with Crippen molar-refractivity contribution in [1.82, 2.24) is 5.32 Å². The predicted molar refractivity (Wildman–Crippen MR) is 122 cm³/mol. The van der Waals surface area contributed by atoms with Crippen LogP contribution in [0, 0.1) is 0 Å². The summed E-state index contributed by atoms with van der Waals surface area (Å²) in [5.74, 6) is -0.359. The van der Waals surface area contributed by atoms with Crippen molar-refractivity contribution in [2.75, 3.05) is 30.0 Å². The first-order chi connectivity index (χ1) is 14.6. The number of hydrogen-bond donors (Lipinski definition) is 1. The van der Waals surface area contributed by atoms with E-state index in [1.165, 1.54) is 24.2 Å². The molecule has 0 bridgehead atoms. The quantitative estimate of drug-likeness (QED) is 0.465. The lowest BCUT2D eigenvalue weighted by atomic mass is 10.0. The van der Waals surface area contributed by atoms with Gasteiger partial charge in [-0.2, -0.15) is 0 Å². The normalized spacial score (nSPS) is 18.6. The molecule has 2 aromatic carbocycles. The summed E-state index contributed by atoms with van der Waals surface area (Å²) in [5, 5.41) is 2.68. The van der Waals surface area contributed by atoms with Gasteiger partial charge in [0.05, 0.1) is 12.8 Å². The number of para-hydroxylation sites is 1. The zero-order valence-corrected chi connectivity index (χ0v) is 17.6. The van der Waals surface area contributed by atoms with Crippen molar-refractivity contribution in [3.05, 3.63) is 59.7 Å². The van der Waals surface area contributed by atoms with Crippen molar-refractivity contribution in [2.45, 2.75) is 19.3 Å². The summed E-state index contributed by atoms with van der Waals surface area (Å²) < 4.78 is 5.57. The molecule has 4 rings (SSSR count). The molecule has 2 aliphatic rings. The lowest BCUT2D eigenvalue weighted by molar-refractivity contribution is -0.122. The first-order valence-corrected chi connectivity index (χ1v) is 10.4. The van der Waals surface area contributed by atoms with Crippen LogP contribution < -0.4 is 19.9 Å².